The number of aromatic nitrogens is 1. The summed E-state index contributed by atoms with van der Waals surface area (Å²) in [7, 11) is 0. The molecule has 0 atom stereocenters. The van der Waals surface area contributed by atoms with E-state index in [9.17, 15) is 14.9 Å². The first-order chi connectivity index (χ1) is 15.0. The Morgan fingerprint density at radius 2 is 1.77 bits per heavy atom. The molecule has 0 saturated carbocycles. The quantitative estimate of drug-likeness (QED) is 0.266. The van der Waals surface area contributed by atoms with Gasteiger partial charge in [0.2, 0.25) is 0 Å². The predicted molar refractivity (Wildman–Crippen MR) is 120 cm³/mol. The molecule has 0 spiro atoms. The van der Waals surface area contributed by atoms with Gasteiger partial charge in [-0.25, -0.2) is 10.4 Å². The van der Waals surface area contributed by atoms with Crippen molar-refractivity contribution in [3.63, 3.8) is 0 Å². The van der Waals surface area contributed by atoms with Crippen molar-refractivity contribution in [2.75, 3.05) is 0 Å². The van der Waals surface area contributed by atoms with Crippen LogP contribution in [0.15, 0.2) is 84.0 Å². The van der Waals surface area contributed by atoms with Crippen molar-refractivity contribution in [2.45, 2.75) is 0 Å². The Morgan fingerprint density at radius 3 is 2.55 bits per heavy atom. The van der Waals surface area contributed by atoms with Gasteiger partial charge in [-0.15, -0.1) is 0 Å². The van der Waals surface area contributed by atoms with Crippen LogP contribution in [-0.4, -0.2) is 22.0 Å². The fourth-order valence-electron chi connectivity index (χ4n) is 3.10. The number of halogens is 1. The zero-order valence-corrected chi connectivity index (χ0v) is 16.8. The summed E-state index contributed by atoms with van der Waals surface area (Å²) in [5.74, 6) is -0.421. The summed E-state index contributed by atoms with van der Waals surface area (Å²) in [5.41, 5.74) is 5.34. The average molecular weight is 431 g/mol. The van der Waals surface area contributed by atoms with Gasteiger partial charge in [-0.1, -0.05) is 66.2 Å². The third kappa shape index (κ3) is 4.41. The Morgan fingerprint density at radius 1 is 1.03 bits per heavy atom. The number of para-hydroxylation sites is 1. The molecule has 0 radical (unpaired) electrons. The zero-order chi connectivity index (χ0) is 21.8. The Hall–Kier alpha value is -4.10. The van der Waals surface area contributed by atoms with Gasteiger partial charge in [0.15, 0.2) is 0 Å². The van der Waals surface area contributed by atoms with E-state index in [2.05, 4.69) is 15.5 Å². The van der Waals surface area contributed by atoms with E-state index in [0.717, 1.165) is 5.56 Å². The van der Waals surface area contributed by atoms with Crippen molar-refractivity contribution in [3.05, 3.63) is 105 Å². The normalized spacial score (nSPS) is 11.0. The van der Waals surface area contributed by atoms with Crippen LogP contribution in [0.2, 0.25) is 5.02 Å². The molecule has 0 aliphatic carbocycles. The number of nitrogens with one attached hydrogen (secondary N) is 1. The number of carbonyl (C=O) groups excluding carboxylic acids is 1. The van der Waals surface area contributed by atoms with Crippen molar-refractivity contribution >= 4 is 40.3 Å². The minimum atomic E-state index is -0.577. The molecular weight excluding hydrogens is 416 g/mol. The smallest absolute Gasteiger partial charge is 0.267 e. The summed E-state index contributed by atoms with van der Waals surface area (Å²) < 4.78 is 0. The molecule has 7 nitrogen and oxygen atoms in total. The number of nitrogens with zero attached hydrogens (tertiary/aromatic N) is 3. The lowest BCUT2D eigenvalue weighted by atomic mass is 10.0. The van der Waals surface area contributed by atoms with Crippen LogP contribution in [0.4, 0.5) is 5.69 Å². The number of rotatable bonds is 5. The largest absolute Gasteiger partial charge is 0.288 e. The van der Waals surface area contributed by atoms with E-state index < -0.39 is 10.8 Å². The molecule has 1 heterocycles. The van der Waals surface area contributed by atoms with Crippen LogP contribution >= 0.6 is 11.6 Å². The van der Waals surface area contributed by atoms with Gasteiger partial charge >= 0.3 is 0 Å². The predicted octanol–water partition coefficient (Wildman–Crippen LogP) is 5.23. The summed E-state index contributed by atoms with van der Waals surface area (Å²) in [4.78, 5) is 28.0. The molecule has 152 valence electrons. The van der Waals surface area contributed by atoms with Gasteiger partial charge in [-0.3, -0.25) is 14.9 Å². The lowest BCUT2D eigenvalue weighted by Gasteiger charge is -2.09. The fraction of sp³-hybridized carbons (Fsp3) is 0. The van der Waals surface area contributed by atoms with Crippen LogP contribution in [0.25, 0.3) is 22.2 Å². The first kappa shape index (κ1) is 20.2. The molecule has 1 amide bonds. The standard InChI is InChI=1S/C23H15ClN4O3/c24-19-11-10-15(12-22(19)28(30)31)14-25-27-23(29)18-13-21(16-6-2-1-3-7-16)26-20-9-5-4-8-17(18)20/h1-14H,(H,27,29)/b25-14+. The van der Waals surface area contributed by atoms with Gasteiger partial charge in [0.05, 0.1) is 27.9 Å². The maximum atomic E-state index is 12.9. The zero-order valence-electron chi connectivity index (χ0n) is 16.0. The third-order valence-corrected chi connectivity index (χ3v) is 4.90. The van der Waals surface area contributed by atoms with Crippen LogP contribution in [0.5, 0.6) is 0 Å². The molecular formula is C23H15ClN4O3. The summed E-state index contributed by atoms with van der Waals surface area (Å²) in [6.45, 7) is 0. The fourth-order valence-corrected chi connectivity index (χ4v) is 3.28. The molecule has 0 fully saturated rings. The monoisotopic (exact) mass is 430 g/mol. The maximum Gasteiger partial charge on any atom is 0.288 e. The number of fused-ring (bicyclic) bond motifs is 1. The van der Waals surface area contributed by atoms with E-state index >= 15 is 0 Å². The topological polar surface area (TPSA) is 97.5 Å². The molecule has 0 aliphatic rings. The van der Waals surface area contributed by atoms with E-state index in [4.69, 9.17) is 11.6 Å². The third-order valence-electron chi connectivity index (χ3n) is 4.58. The average Bonchev–Trinajstić information content (AvgIpc) is 2.79. The SMILES string of the molecule is O=C(N/N=C/c1ccc(Cl)c([N+](=O)[O-])c1)c1cc(-c2ccccc2)nc2ccccc12. The minimum absolute atomic E-state index is 0.0304. The minimum Gasteiger partial charge on any atom is -0.267 e. The molecule has 0 unspecified atom stereocenters. The lowest BCUT2D eigenvalue weighted by molar-refractivity contribution is -0.384. The number of nitro benzene ring substituents is 1. The molecule has 3 aromatic carbocycles. The maximum absolute atomic E-state index is 12.9. The number of carbonyl (C=O) groups is 1. The number of hydrazone groups is 1. The summed E-state index contributed by atoms with van der Waals surface area (Å²) in [5, 5.41) is 15.7. The number of benzene rings is 3. The van der Waals surface area contributed by atoms with E-state index in [1.807, 2.05) is 54.6 Å². The van der Waals surface area contributed by atoms with Crippen LogP contribution in [0.1, 0.15) is 15.9 Å². The van der Waals surface area contributed by atoms with E-state index in [1.54, 1.807) is 12.1 Å². The number of hydrogen-bond acceptors (Lipinski definition) is 5. The van der Waals surface area contributed by atoms with Gasteiger partial charge in [0.1, 0.15) is 5.02 Å². The Balaban J connectivity index is 1.64. The highest BCUT2D eigenvalue weighted by molar-refractivity contribution is 6.32. The van der Waals surface area contributed by atoms with E-state index in [1.165, 1.54) is 18.3 Å². The van der Waals surface area contributed by atoms with Crippen LogP contribution in [0.3, 0.4) is 0 Å². The number of nitro groups is 1. The Kier molecular flexibility index (Phi) is 5.68. The first-order valence-corrected chi connectivity index (χ1v) is 9.63. The lowest BCUT2D eigenvalue weighted by Crippen LogP contribution is -2.18. The van der Waals surface area contributed by atoms with E-state index in [-0.39, 0.29) is 10.7 Å². The van der Waals surface area contributed by atoms with Gasteiger partial charge < -0.3 is 0 Å². The second-order valence-electron chi connectivity index (χ2n) is 6.61. The summed E-state index contributed by atoms with van der Waals surface area (Å²) >= 11 is 5.81. The van der Waals surface area contributed by atoms with E-state index in [0.29, 0.717) is 27.7 Å². The Labute approximate surface area is 182 Å². The van der Waals surface area contributed by atoms with Gasteiger partial charge in [0, 0.05) is 22.6 Å². The molecule has 0 aliphatic heterocycles. The van der Waals surface area contributed by atoms with Crippen molar-refractivity contribution in [1.82, 2.24) is 10.4 Å². The highest BCUT2D eigenvalue weighted by Gasteiger charge is 2.14. The summed E-state index contributed by atoms with van der Waals surface area (Å²) in [6.07, 6.45) is 1.32. The molecule has 1 aromatic heterocycles. The number of hydrogen-bond donors (Lipinski definition) is 1. The molecule has 1 N–H and O–H groups in total. The molecule has 4 aromatic rings. The highest BCUT2D eigenvalue weighted by Crippen LogP contribution is 2.25. The highest BCUT2D eigenvalue weighted by atomic mass is 35.5. The van der Waals surface area contributed by atoms with Crippen molar-refractivity contribution in [1.29, 1.82) is 0 Å². The van der Waals surface area contributed by atoms with Crippen molar-refractivity contribution in [2.24, 2.45) is 5.10 Å². The second-order valence-corrected chi connectivity index (χ2v) is 7.01. The van der Waals surface area contributed by atoms with Crippen molar-refractivity contribution < 1.29 is 9.72 Å². The van der Waals surface area contributed by atoms with Crippen molar-refractivity contribution in [3.8, 4) is 11.3 Å². The summed E-state index contributed by atoms with van der Waals surface area (Å²) in [6, 6.07) is 22.9. The van der Waals surface area contributed by atoms with Crippen LogP contribution in [-0.2, 0) is 0 Å². The van der Waals surface area contributed by atoms with Gasteiger partial charge in [-0.05, 0) is 18.2 Å². The molecule has 31 heavy (non-hydrogen) atoms. The van der Waals surface area contributed by atoms with Crippen LogP contribution < -0.4 is 5.43 Å². The Bertz CT molecular complexity index is 1320. The van der Waals surface area contributed by atoms with Gasteiger partial charge in [-0.2, -0.15) is 5.10 Å². The first-order valence-electron chi connectivity index (χ1n) is 9.25. The molecule has 8 heteroatoms. The van der Waals surface area contributed by atoms with Gasteiger partial charge in [0.25, 0.3) is 11.6 Å². The second kappa shape index (κ2) is 8.73. The molecule has 4 rings (SSSR count). The number of pyridine rings is 1. The van der Waals surface area contributed by atoms with Crippen LogP contribution in [0, 0.1) is 10.1 Å². The molecule has 0 saturated heterocycles. The number of amides is 1. The molecule has 0 bridgehead atoms.